The molecule has 1 saturated heterocycles. The van der Waals surface area contributed by atoms with E-state index in [0.29, 0.717) is 18.1 Å². The van der Waals surface area contributed by atoms with Gasteiger partial charge in [-0.25, -0.2) is 0 Å². The Hall–Kier alpha value is -1.26. The van der Waals surface area contributed by atoms with Crippen LogP contribution in [0, 0.1) is 0 Å². The minimum atomic E-state index is -0.0754. The number of carbonyl (C=O) groups is 1. The Morgan fingerprint density at radius 1 is 1.47 bits per heavy atom. The molecule has 1 aromatic rings. The molecule has 0 unspecified atom stereocenters. The summed E-state index contributed by atoms with van der Waals surface area (Å²) in [4.78, 5) is 13.5. The van der Waals surface area contributed by atoms with Crippen molar-refractivity contribution in [1.82, 2.24) is 5.32 Å². The molecule has 0 radical (unpaired) electrons. The van der Waals surface area contributed by atoms with Crippen molar-refractivity contribution in [2.24, 2.45) is 0 Å². The van der Waals surface area contributed by atoms with Crippen molar-refractivity contribution in [1.29, 1.82) is 0 Å². The highest BCUT2D eigenvalue weighted by Crippen LogP contribution is 2.25. The smallest absolute Gasteiger partial charge is 0.239 e. The van der Waals surface area contributed by atoms with Crippen LogP contribution in [0.25, 0.3) is 0 Å². The largest absolute Gasteiger partial charge is 0.392 e. The van der Waals surface area contributed by atoms with Crippen molar-refractivity contribution >= 4 is 23.2 Å². The van der Waals surface area contributed by atoms with Crippen LogP contribution >= 0.6 is 11.6 Å². The number of halogens is 1. The van der Waals surface area contributed by atoms with Crippen LogP contribution in [0.4, 0.5) is 5.69 Å². The highest BCUT2D eigenvalue weighted by atomic mass is 35.5. The summed E-state index contributed by atoms with van der Waals surface area (Å²) in [6, 6.07) is 5.37. The van der Waals surface area contributed by atoms with Crippen LogP contribution in [0.5, 0.6) is 0 Å². The van der Waals surface area contributed by atoms with Gasteiger partial charge < -0.3 is 15.3 Å². The zero-order chi connectivity index (χ0) is 12.3. The van der Waals surface area contributed by atoms with Gasteiger partial charge in [-0.3, -0.25) is 4.79 Å². The average Bonchev–Trinajstić information content (AvgIpc) is 2.53. The van der Waals surface area contributed by atoms with E-state index in [0.717, 1.165) is 24.2 Å². The normalized spacial score (nSPS) is 16.6. The summed E-state index contributed by atoms with van der Waals surface area (Å²) >= 11 is 5.89. The lowest BCUT2D eigenvalue weighted by molar-refractivity contribution is -0.119. The molecule has 1 aliphatic heterocycles. The highest BCUT2D eigenvalue weighted by Gasteiger charge is 2.17. The molecular weight excluding hydrogens is 240 g/mol. The molecule has 0 saturated carbocycles. The van der Waals surface area contributed by atoms with E-state index in [1.54, 1.807) is 12.1 Å². The Balaban J connectivity index is 2.28. The zero-order valence-corrected chi connectivity index (χ0v) is 10.2. The number of aliphatic hydroxyl groups excluding tert-OH is 1. The first-order chi connectivity index (χ1) is 8.20. The summed E-state index contributed by atoms with van der Waals surface area (Å²) in [5.74, 6) is 0.0151. The van der Waals surface area contributed by atoms with Crippen LogP contribution < -0.4 is 10.2 Å². The molecule has 1 aromatic carbocycles. The van der Waals surface area contributed by atoms with Gasteiger partial charge in [-0.1, -0.05) is 11.6 Å². The van der Waals surface area contributed by atoms with Gasteiger partial charge in [0.05, 0.1) is 13.2 Å². The summed E-state index contributed by atoms with van der Waals surface area (Å²) in [5.41, 5.74) is 1.64. The molecule has 1 aliphatic rings. The lowest BCUT2D eigenvalue weighted by atomic mass is 10.1. The second-order valence-corrected chi connectivity index (χ2v) is 4.49. The van der Waals surface area contributed by atoms with Gasteiger partial charge in [0.25, 0.3) is 0 Å². The number of amides is 1. The zero-order valence-electron chi connectivity index (χ0n) is 9.45. The second kappa shape index (κ2) is 5.38. The Bertz CT molecular complexity index is 423. The second-order valence-electron chi connectivity index (χ2n) is 4.06. The minimum Gasteiger partial charge on any atom is -0.392 e. The van der Waals surface area contributed by atoms with E-state index in [9.17, 15) is 9.90 Å². The van der Waals surface area contributed by atoms with Crippen molar-refractivity contribution in [3.05, 3.63) is 28.8 Å². The Morgan fingerprint density at radius 3 is 3.06 bits per heavy atom. The van der Waals surface area contributed by atoms with E-state index in [-0.39, 0.29) is 12.5 Å². The molecule has 0 aliphatic carbocycles. The molecule has 2 N–H and O–H groups in total. The lowest BCUT2D eigenvalue weighted by Gasteiger charge is -2.23. The number of nitrogens with one attached hydrogen (secondary N) is 1. The Labute approximate surface area is 105 Å². The molecule has 0 aromatic heterocycles. The first-order valence-corrected chi connectivity index (χ1v) is 5.99. The Morgan fingerprint density at radius 2 is 2.29 bits per heavy atom. The van der Waals surface area contributed by atoms with Crippen LogP contribution in [0.3, 0.4) is 0 Å². The molecule has 0 bridgehead atoms. The molecule has 1 heterocycles. The van der Waals surface area contributed by atoms with Gasteiger partial charge in [0.1, 0.15) is 0 Å². The summed E-state index contributed by atoms with van der Waals surface area (Å²) in [6.07, 6.45) is 0.902. The molecule has 17 heavy (non-hydrogen) atoms. The van der Waals surface area contributed by atoms with Gasteiger partial charge in [0.15, 0.2) is 0 Å². The first-order valence-electron chi connectivity index (χ1n) is 5.61. The summed E-state index contributed by atoms with van der Waals surface area (Å²) < 4.78 is 0. The highest BCUT2D eigenvalue weighted by molar-refractivity contribution is 6.30. The van der Waals surface area contributed by atoms with E-state index < -0.39 is 0 Å². The molecule has 4 nitrogen and oxygen atoms in total. The van der Waals surface area contributed by atoms with Crippen LogP contribution in [0.15, 0.2) is 18.2 Å². The predicted octanol–water partition coefficient (Wildman–Crippen LogP) is 1.16. The fraction of sp³-hybridized carbons (Fsp3) is 0.417. The molecule has 2 rings (SSSR count). The van der Waals surface area contributed by atoms with E-state index in [1.807, 2.05) is 11.0 Å². The number of hydrogen-bond acceptors (Lipinski definition) is 3. The standard InChI is InChI=1S/C12H15ClN2O2/c13-10-2-3-11(9(6-10)8-16)15-5-1-4-14-12(17)7-15/h2-3,6,16H,1,4-5,7-8H2,(H,14,17). The van der Waals surface area contributed by atoms with Crippen LogP contribution in [0.2, 0.25) is 5.02 Å². The number of anilines is 1. The third kappa shape index (κ3) is 2.90. The van der Waals surface area contributed by atoms with Crippen LogP contribution in [-0.4, -0.2) is 30.6 Å². The molecule has 0 spiro atoms. The monoisotopic (exact) mass is 254 g/mol. The molecule has 5 heteroatoms. The maximum atomic E-state index is 11.5. The average molecular weight is 255 g/mol. The maximum Gasteiger partial charge on any atom is 0.239 e. The van der Waals surface area contributed by atoms with Crippen molar-refractivity contribution in [3.63, 3.8) is 0 Å². The van der Waals surface area contributed by atoms with E-state index in [4.69, 9.17) is 11.6 Å². The van der Waals surface area contributed by atoms with Gasteiger partial charge in [-0.2, -0.15) is 0 Å². The molecular formula is C12H15ClN2O2. The predicted molar refractivity (Wildman–Crippen MR) is 67.2 cm³/mol. The van der Waals surface area contributed by atoms with E-state index in [1.165, 1.54) is 0 Å². The Kier molecular flexibility index (Phi) is 3.86. The van der Waals surface area contributed by atoms with Gasteiger partial charge in [-0.05, 0) is 24.6 Å². The van der Waals surface area contributed by atoms with Crippen molar-refractivity contribution in [2.45, 2.75) is 13.0 Å². The van der Waals surface area contributed by atoms with Gasteiger partial charge in [0, 0.05) is 29.4 Å². The third-order valence-corrected chi connectivity index (χ3v) is 3.05. The maximum absolute atomic E-state index is 11.5. The minimum absolute atomic E-state index is 0.0151. The molecule has 1 amide bonds. The van der Waals surface area contributed by atoms with Gasteiger partial charge >= 0.3 is 0 Å². The van der Waals surface area contributed by atoms with Gasteiger partial charge in [0.2, 0.25) is 5.91 Å². The number of carbonyl (C=O) groups excluding carboxylic acids is 1. The number of rotatable bonds is 2. The fourth-order valence-electron chi connectivity index (χ4n) is 2.00. The number of hydrogen-bond donors (Lipinski definition) is 2. The van der Waals surface area contributed by atoms with Crippen molar-refractivity contribution in [2.75, 3.05) is 24.5 Å². The summed E-state index contributed by atoms with van der Waals surface area (Å²) in [7, 11) is 0. The van der Waals surface area contributed by atoms with Crippen molar-refractivity contribution in [3.8, 4) is 0 Å². The summed E-state index contributed by atoms with van der Waals surface area (Å²) in [5, 5.41) is 12.7. The van der Waals surface area contributed by atoms with Crippen LogP contribution in [-0.2, 0) is 11.4 Å². The van der Waals surface area contributed by atoms with Crippen LogP contribution in [0.1, 0.15) is 12.0 Å². The van der Waals surface area contributed by atoms with E-state index >= 15 is 0 Å². The van der Waals surface area contributed by atoms with Gasteiger partial charge in [-0.15, -0.1) is 0 Å². The third-order valence-electron chi connectivity index (χ3n) is 2.81. The number of benzene rings is 1. The molecule has 0 atom stereocenters. The van der Waals surface area contributed by atoms with E-state index in [2.05, 4.69) is 5.32 Å². The number of aliphatic hydroxyl groups is 1. The fourth-order valence-corrected chi connectivity index (χ4v) is 2.20. The van der Waals surface area contributed by atoms with Crippen molar-refractivity contribution < 1.29 is 9.90 Å². The quantitative estimate of drug-likeness (QED) is 0.833. The lowest BCUT2D eigenvalue weighted by Crippen LogP contribution is -2.33. The molecule has 92 valence electrons. The summed E-state index contributed by atoms with van der Waals surface area (Å²) in [6.45, 7) is 1.76. The number of nitrogens with zero attached hydrogens (tertiary/aromatic N) is 1. The SMILES string of the molecule is O=C1CN(c2ccc(Cl)cc2CO)CCCN1. The molecule has 1 fully saturated rings. The topological polar surface area (TPSA) is 52.6 Å². The first kappa shape index (κ1) is 12.2.